The maximum absolute atomic E-state index is 5.37. The third-order valence-electron chi connectivity index (χ3n) is 2.93. The summed E-state index contributed by atoms with van der Waals surface area (Å²) in [6.07, 6.45) is 0. The Kier molecular flexibility index (Phi) is 3.28. The van der Waals surface area contributed by atoms with Gasteiger partial charge in [-0.2, -0.15) is 5.10 Å². The van der Waals surface area contributed by atoms with Crippen LogP contribution in [0.15, 0.2) is 32.6 Å². The van der Waals surface area contributed by atoms with Gasteiger partial charge in [-0.1, -0.05) is 11.2 Å². The van der Waals surface area contributed by atoms with Crippen LogP contribution in [0, 0.1) is 13.8 Å². The highest BCUT2D eigenvalue weighted by Crippen LogP contribution is 2.26. The molecule has 0 bridgehead atoms. The minimum absolute atomic E-state index is 0.618. The van der Waals surface area contributed by atoms with Crippen molar-refractivity contribution in [2.24, 2.45) is 0 Å². The summed E-state index contributed by atoms with van der Waals surface area (Å²) in [6.45, 7) is 4.63. The molecule has 0 amide bonds. The topological polar surface area (TPSA) is 43.9 Å². The quantitative estimate of drug-likeness (QED) is 0.724. The molecule has 3 rings (SSSR count). The van der Waals surface area contributed by atoms with Crippen LogP contribution in [-0.2, 0) is 6.54 Å². The summed E-state index contributed by atoms with van der Waals surface area (Å²) in [6, 6.07) is 5.99. The zero-order valence-electron chi connectivity index (χ0n) is 10.6. The fourth-order valence-corrected chi connectivity index (χ4v) is 2.86. The lowest BCUT2D eigenvalue weighted by Crippen LogP contribution is -2.04. The molecule has 4 nitrogen and oxygen atoms in total. The molecule has 6 heteroatoms. The molecule has 0 atom stereocenters. The number of nitrogens with zero attached hydrogens (tertiary/aromatic N) is 3. The van der Waals surface area contributed by atoms with E-state index in [9.17, 15) is 0 Å². The van der Waals surface area contributed by atoms with Crippen LogP contribution < -0.4 is 0 Å². The molecule has 3 heterocycles. The van der Waals surface area contributed by atoms with E-state index in [0.29, 0.717) is 6.54 Å². The Bertz CT molecular complexity index is 700. The fourth-order valence-electron chi connectivity index (χ4n) is 1.90. The number of halogens is 1. The number of aryl methyl sites for hydroxylation is 1. The van der Waals surface area contributed by atoms with E-state index in [1.54, 1.807) is 11.3 Å². The molecule has 0 radical (unpaired) electrons. The fraction of sp³-hybridized carbons (Fsp3) is 0.231. The second-order valence-corrected chi connectivity index (χ2v) is 6.04. The first-order valence-electron chi connectivity index (χ1n) is 5.84. The van der Waals surface area contributed by atoms with Gasteiger partial charge in [0, 0.05) is 6.07 Å². The molecule has 0 saturated heterocycles. The van der Waals surface area contributed by atoms with Crippen LogP contribution in [0.2, 0.25) is 0 Å². The summed E-state index contributed by atoms with van der Waals surface area (Å²) in [5, 5.41) is 10.6. The monoisotopic (exact) mass is 337 g/mol. The Labute approximate surface area is 123 Å². The smallest absolute Gasteiger partial charge is 0.177 e. The van der Waals surface area contributed by atoms with Gasteiger partial charge in [0.05, 0.1) is 27.3 Å². The molecule has 0 aromatic carbocycles. The Morgan fingerprint density at radius 2 is 2.26 bits per heavy atom. The summed E-state index contributed by atoms with van der Waals surface area (Å²) in [5.74, 6) is 0.811. The van der Waals surface area contributed by atoms with Gasteiger partial charge in [0.2, 0.25) is 0 Å². The van der Waals surface area contributed by atoms with E-state index in [4.69, 9.17) is 4.52 Å². The van der Waals surface area contributed by atoms with Gasteiger partial charge in [-0.15, -0.1) is 11.3 Å². The van der Waals surface area contributed by atoms with Crippen LogP contribution in [0.25, 0.3) is 10.6 Å². The zero-order chi connectivity index (χ0) is 13.4. The van der Waals surface area contributed by atoms with Gasteiger partial charge in [0.25, 0.3) is 0 Å². The number of hydrogen-bond acceptors (Lipinski definition) is 4. The molecule has 0 saturated carbocycles. The second kappa shape index (κ2) is 4.94. The Hall–Kier alpha value is -1.40. The van der Waals surface area contributed by atoms with E-state index < -0.39 is 0 Å². The zero-order valence-corrected chi connectivity index (χ0v) is 13.0. The third-order valence-corrected chi connectivity index (χ3v) is 4.96. The van der Waals surface area contributed by atoms with Crippen molar-refractivity contribution < 1.29 is 4.52 Å². The van der Waals surface area contributed by atoms with Crippen LogP contribution >= 0.6 is 27.3 Å². The highest BCUT2D eigenvalue weighted by atomic mass is 79.9. The predicted molar refractivity (Wildman–Crippen MR) is 78.3 cm³/mol. The third kappa shape index (κ3) is 2.37. The summed E-state index contributed by atoms with van der Waals surface area (Å²) in [4.78, 5) is 1.09. The summed E-state index contributed by atoms with van der Waals surface area (Å²) in [7, 11) is 0. The van der Waals surface area contributed by atoms with Crippen molar-refractivity contribution >= 4 is 27.3 Å². The maximum atomic E-state index is 5.37. The highest BCUT2D eigenvalue weighted by Gasteiger charge is 2.12. The van der Waals surface area contributed by atoms with Crippen LogP contribution in [0.1, 0.15) is 17.1 Å². The molecule has 3 aromatic rings. The van der Waals surface area contributed by atoms with Crippen LogP contribution in [0.4, 0.5) is 0 Å². The average Bonchev–Trinajstić information content (AvgIpc) is 3.09. The van der Waals surface area contributed by atoms with Gasteiger partial charge >= 0.3 is 0 Å². The van der Waals surface area contributed by atoms with E-state index in [1.807, 2.05) is 42.1 Å². The standard InChI is InChI=1S/C13H12BrN3OS/c1-8-13(14)9(2)17(15-8)7-10-6-11(18-16-10)12-4-3-5-19-12/h3-6H,7H2,1-2H3. The Balaban J connectivity index is 1.86. The molecule has 0 unspecified atom stereocenters. The minimum atomic E-state index is 0.618. The number of hydrogen-bond donors (Lipinski definition) is 0. The second-order valence-electron chi connectivity index (χ2n) is 4.30. The molecule has 19 heavy (non-hydrogen) atoms. The van der Waals surface area contributed by atoms with Gasteiger partial charge in [-0.05, 0) is 41.2 Å². The lowest BCUT2D eigenvalue weighted by Gasteiger charge is -1.99. The molecule has 0 aliphatic heterocycles. The van der Waals surface area contributed by atoms with Crippen molar-refractivity contribution in [3.63, 3.8) is 0 Å². The first-order valence-corrected chi connectivity index (χ1v) is 7.51. The van der Waals surface area contributed by atoms with Gasteiger partial charge < -0.3 is 4.52 Å². The van der Waals surface area contributed by atoms with Gasteiger partial charge in [0.15, 0.2) is 5.76 Å². The lowest BCUT2D eigenvalue weighted by molar-refractivity contribution is 0.419. The molecular formula is C13H12BrN3OS. The van der Waals surface area contributed by atoms with Gasteiger partial charge in [-0.3, -0.25) is 4.68 Å². The van der Waals surface area contributed by atoms with Gasteiger partial charge in [-0.25, -0.2) is 0 Å². The van der Waals surface area contributed by atoms with Crippen LogP contribution in [-0.4, -0.2) is 14.9 Å². The van der Waals surface area contributed by atoms with Crippen LogP contribution in [0.3, 0.4) is 0 Å². The number of rotatable bonds is 3. The van der Waals surface area contributed by atoms with Crippen molar-refractivity contribution in [2.45, 2.75) is 20.4 Å². The number of aromatic nitrogens is 3. The van der Waals surface area contributed by atoms with Crippen molar-refractivity contribution in [3.8, 4) is 10.6 Å². The molecule has 0 N–H and O–H groups in total. The molecular weight excluding hydrogens is 326 g/mol. The largest absolute Gasteiger partial charge is 0.355 e. The predicted octanol–water partition coefficient (Wildman–Crippen LogP) is 4.03. The molecule has 3 aromatic heterocycles. The molecule has 0 fully saturated rings. The number of thiophene rings is 1. The van der Waals surface area contributed by atoms with E-state index in [2.05, 4.69) is 26.2 Å². The minimum Gasteiger partial charge on any atom is -0.355 e. The van der Waals surface area contributed by atoms with E-state index in [1.165, 1.54) is 0 Å². The van der Waals surface area contributed by atoms with Crippen LogP contribution in [0.5, 0.6) is 0 Å². The van der Waals surface area contributed by atoms with E-state index >= 15 is 0 Å². The maximum Gasteiger partial charge on any atom is 0.177 e. The first kappa shape index (κ1) is 12.6. The summed E-state index contributed by atoms with van der Waals surface area (Å²) in [5.41, 5.74) is 2.96. The average molecular weight is 338 g/mol. The SMILES string of the molecule is Cc1nn(Cc2cc(-c3cccs3)on2)c(C)c1Br. The van der Waals surface area contributed by atoms with E-state index in [-0.39, 0.29) is 0 Å². The normalized spacial score (nSPS) is 11.1. The molecule has 98 valence electrons. The van der Waals surface area contributed by atoms with Crippen molar-refractivity contribution in [3.05, 3.63) is 45.1 Å². The first-order chi connectivity index (χ1) is 9.15. The summed E-state index contributed by atoms with van der Waals surface area (Å²) < 4.78 is 8.34. The molecule has 0 aliphatic carbocycles. The Morgan fingerprint density at radius 1 is 1.42 bits per heavy atom. The van der Waals surface area contributed by atoms with Gasteiger partial charge in [0.1, 0.15) is 5.69 Å². The Morgan fingerprint density at radius 3 is 2.89 bits per heavy atom. The van der Waals surface area contributed by atoms with Crippen molar-refractivity contribution in [1.82, 2.24) is 14.9 Å². The van der Waals surface area contributed by atoms with Crippen molar-refractivity contribution in [1.29, 1.82) is 0 Å². The summed E-state index contributed by atoms with van der Waals surface area (Å²) >= 11 is 5.17. The van der Waals surface area contributed by atoms with E-state index in [0.717, 1.165) is 32.2 Å². The molecule has 0 aliphatic rings. The van der Waals surface area contributed by atoms with Crippen molar-refractivity contribution in [2.75, 3.05) is 0 Å². The lowest BCUT2D eigenvalue weighted by atomic mass is 10.3. The molecule has 0 spiro atoms. The highest BCUT2D eigenvalue weighted by molar-refractivity contribution is 9.10.